The number of aromatic nitrogens is 1. The first-order valence-electron chi connectivity index (χ1n) is 9.79. The zero-order valence-electron chi connectivity index (χ0n) is 17.4. The van der Waals surface area contributed by atoms with E-state index in [0.717, 1.165) is 0 Å². The number of aromatic carboxylic acids is 1. The van der Waals surface area contributed by atoms with Gasteiger partial charge in [0.25, 0.3) is 0 Å². The van der Waals surface area contributed by atoms with E-state index in [4.69, 9.17) is 10.1 Å². The van der Waals surface area contributed by atoms with Crippen molar-refractivity contribution in [2.75, 3.05) is 11.9 Å². The summed E-state index contributed by atoms with van der Waals surface area (Å²) in [5, 5.41) is 20.9. The van der Waals surface area contributed by atoms with E-state index in [2.05, 4.69) is 10.3 Å². The predicted molar refractivity (Wildman–Crippen MR) is 110 cm³/mol. The van der Waals surface area contributed by atoms with Crippen LogP contribution in [0.2, 0.25) is 0 Å². The molecule has 3 N–H and O–H groups in total. The molecule has 0 saturated heterocycles. The number of ether oxygens (including phenoxy) is 1. The Kier molecular flexibility index (Phi) is 5.98. The fourth-order valence-electron chi connectivity index (χ4n) is 3.61. The molecule has 0 amide bonds. The van der Waals surface area contributed by atoms with Gasteiger partial charge in [-0.05, 0) is 30.2 Å². The summed E-state index contributed by atoms with van der Waals surface area (Å²) in [6, 6.07) is 6.55. The summed E-state index contributed by atoms with van der Waals surface area (Å²) in [5.41, 5.74) is -0.278. The minimum Gasteiger partial charge on any atom is -0.492 e. The third-order valence-corrected chi connectivity index (χ3v) is 5.10. The molecule has 1 heterocycles. The molecule has 0 spiro atoms. The zero-order valence-corrected chi connectivity index (χ0v) is 17.4. The number of pyridine rings is 1. The highest BCUT2D eigenvalue weighted by Crippen LogP contribution is 2.52. The Balaban J connectivity index is 2.02. The Morgan fingerprint density at radius 1 is 1.29 bits per heavy atom. The second kappa shape index (κ2) is 8.20. The van der Waals surface area contributed by atoms with E-state index in [1.165, 1.54) is 30.3 Å². The highest BCUT2D eigenvalue weighted by Gasteiger charge is 2.54. The van der Waals surface area contributed by atoms with Gasteiger partial charge in [-0.15, -0.1) is 0 Å². The number of nitrogens with zero attached hydrogens (tertiary/aromatic N) is 1. The Labute approximate surface area is 178 Å². The molecule has 1 aromatic carbocycles. The highest BCUT2D eigenvalue weighted by molar-refractivity contribution is 6.07. The molecule has 2 aromatic rings. The van der Waals surface area contributed by atoms with E-state index >= 15 is 0 Å². The maximum absolute atomic E-state index is 13.4. The topological polar surface area (TPSA) is 95.3 Å². The monoisotopic (exact) mass is 435 g/mol. The Hall–Kier alpha value is -3.10. The van der Waals surface area contributed by atoms with E-state index < -0.39 is 23.1 Å². The lowest BCUT2D eigenvalue weighted by Crippen LogP contribution is -2.47. The lowest BCUT2D eigenvalue weighted by atomic mass is 9.68. The number of carboxylic acids is 1. The van der Waals surface area contributed by atoms with Crippen LogP contribution < -0.4 is 10.1 Å². The summed E-state index contributed by atoms with van der Waals surface area (Å²) in [6.07, 6.45) is -0.650. The van der Waals surface area contributed by atoms with Crippen LogP contribution in [0.5, 0.6) is 5.75 Å². The first-order chi connectivity index (χ1) is 14.4. The zero-order chi connectivity index (χ0) is 23.0. The van der Waals surface area contributed by atoms with E-state index in [0.29, 0.717) is 5.69 Å². The van der Waals surface area contributed by atoms with Crippen molar-refractivity contribution in [2.45, 2.75) is 39.5 Å². The summed E-state index contributed by atoms with van der Waals surface area (Å²) in [6.45, 7) is 5.19. The number of halogens is 3. The largest absolute Gasteiger partial charge is 0.492 e. The summed E-state index contributed by atoms with van der Waals surface area (Å²) in [4.78, 5) is 15.7. The molecule has 0 aliphatic heterocycles. The summed E-state index contributed by atoms with van der Waals surface area (Å²) in [7, 11) is 0. The van der Waals surface area contributed by atoms with Crippen LogP contribution in [0.4, 0.5) is 24.7 Å². The van der Waals surface area contributed by atoms with Crippen LogP contribution in [0.25, 0.3) is 0 Å². The number of hydrogen-bond acceptors (Lipinski definition) is 5. The van der Waals surface area contributed by atoms with Crippen molar-refractivity contribution in [3.05, 3.63) is 47.4 Å². The van der Waals surface area contributed by atoms with Crippen molar-refractivity contribution >= 4 is 23.2 Å². The average Bonchev–Trinajstić information content (AvgIpc) is 2.65. The smallest absolute Gasteiger partial charge is 0.354 e. The minimum absolute atomic E-state index is 0.0555. The van der Waals surface area contributed by atoms with Gasteiger partial charge in [-0.3, -0.25) is 0 Å². The van der Waals surface area contributed by atoms with Gasteiger partial charge >= 0.3 is 5.97 Å². The van der Waals surface area contributed by atoms with E-state index in [1.54, 1.807) is 20.8 Å². The van der Waals surface area contributed by atoms with Crippen molar-refractivity contribution in [3.8, 4) is 5.75 Å². The third-order valence-electron chi connectivity index (χ3n) is 5.10. The Morgan fingerprint density at radius 3 is 2.42 bits per heavy atom. The van der Waals surface area contributed by atoms with Crippen molar-refractivity contribution in [2.24, 2.45) is 11.3 Å². The van der Waals surface area contributed by atoms with Crippen LogP contribution >= 0.6 is 0 Å². The molecule has 166 valence electrons. The standard InChI is InChI=1S/C22H24F3N3O3/c1-12(2)18(26)17-16(31-11-21(3)9-22(24,25)10-21)8-15(20(29)30)28-19(17)27-14-6-4-13(23)5-7-14/h4-8,12,26H,9-11H2,1-3H3,(H,27,28)(H,29,30). The van der Waals surface area contributed by atoms with Gasteiger partial charge in [0.2, 0.25) is 5.92 Å². The van der Waals surface area contributed by atoms with E-state index in [-0.39, 0.29) is 53.9 Å². The van der Waals surface area contributed by atoms with E-state index in [9.17, 15) is 23.1 Å². The number of hydrogen-bond donors (Lipinski definition) is 3. The second-order valence-corrected chi connectivity index (χ2v) is 8.54. The first kappa shape index (κ1) is 22.6. The molecule has 6 nitrogen and oxygen atoms in total. The van der Waals surface area contributed by atoms with Gasteiger partial charge in [0, 0.05) is 35.7 Å². The molecule has 31 heavy (non-hydrogen) atoms. The number of carboxylic acid groups (broad SMARTS) is 1. The Morgan fingerprint density at radius 2 is 1.90 bits per heavy atom. The number of carbonyl (C=O) groups is 1. The average molecular weight is 435 g/mol. The number of nitrogens with one attached hydrogen (secondary N) is 2. The van der Waals surface area contributed by atoms with Gasteiger partial charge in [0.1, 0.15) is 17.4 Å². The SMILES string of the molecule is CC(C)C(=N)c1c(OCC2(C)CC(F)(F)C2)cc(C(=O)O)nc1Nc1ccc(F)cc1. The number of alkyl halides is 2. The van der Waals surface area contributed by atoms with Gasteiger partial charge in [-0.2, -0.15) is 0 Å². The van der Waals surface area contributed by atoms with Gasteiger partial charge in [0.15, 0.2) is 5.69 Å². The van der Waals surface area contributed by atoms with Gasteiger partial charge in [-0.1, -0.05) is 20.8 Å². The third kappa shape index (κ3) is 5.15. The molecule has 3 rings (SSSR count). The molecule has 9 heteroatoms. The lowest BCUT2D eigenvalue weighted by Gasteiger charge is -2.44. The second-order valence-electron chi connectivity index (χ2n) is 8.54. The molecule has 1 aromatic heterocycles. The van der Waals surface area contributed by atoms with Crippen molar-refractivity contribution in [1.82, 2.24) is 4.98 Å². The van der Waals surface area contributed by atoms with Crippen LogP contribution in [0.1, 0.15) is 49.7 Å². The molecule has 0 atom stereocenters. The fraction of sp³-hybridized carbons (Fsp3) is 0.409. The highest BCUT2D eigenvalue weighted by atomic mass is 19.3. The van der Waals surface area contributed by atoms with Crippen LogP contribution in [-0.2, 0) is 0 Å². The predicted octanol–water partition coefficient (Wildman–Crippen LogP) is 5.50. The van der Waals surface area contributed by atoms with Gasteiger partial charge in [0.05, 0.1) is 12.2 Å². The lowest BCUT2D eigenvalue weighted by molar-refractivity contribution is -0.164. The molecule has 1 aliphatic rings. The maximum Gasteiger partial charge on any atom is 0.354 e. The van der Waals surface area contributed by atoms with Crippen LogP contribution in [0, 0.1) is 22.6 Å². The normalized spacial score (nSPS) is 16.5. The fourth-order valence-corrected chi connectivity index (χ4v) is 3.61. The summed E-state index contributed by atoms with van der Waals surface area (Å²) in [5.74, 6) is -4.60. The van der Waals surface area contributed by atoms with E-state index in [1.807, 2.05) is 0 Å². The summed E-state index contributed by atoms with van der Waals surface area (Å²) < 4.78 is 45.8. The molecule has 1 saturated carbocycles. The number of benzene rings is 1. The molecule has 0 unspecified atom stereocenters. The van der Waals surface area contributed by atoms with Crippen molar-refractivity contribution in [3.63, 3.8) is 0 Å². The maximum atomic E-state index is 13.4. The molecule has 0 bridgehead atoms. The van der Waals surface area contributed by atoms with Crippen molar-refractivity contribution in [1.29, 1.82) is 5.41 Å². The molecule has 1 fully saturated rings. The molecular weight excluding hydrogens is 411 g/mol. The van der Waals surface area contributed by atoms with Gasteiger partial charge in [-0.25, -0.2) is 22.9 Å². The molecule has 1 aliphatic carbocycles. The molecule has 0 radical (unpaired) electrons. The van der Waals surface area contributed by atoms with Crippen LogP contribution in [-0.4, -0.2) is 34.3 Å². The summed E-state index contributed by atoms with van der Waals surface area (Å²) >= 11 is 0. The minimum atomic E-state index is -2.73. The van der Waals surface area contributed by atoms with Crippen LogP contribution in [0.15, 0.2) is 30.3 Å². The van der Waals surface area contributed by atoms with Gasteiger partial charge < -0.3 is 20.6 Å². The quantitative estimate of drug-likeness (QED) is 0.476. The molecular formula is C22H24F3N3O3. The Bertz CT molecular complexity index is 999. The first-order valence-corrected chi connectivity index (χ1v) is 9.79. The van der Waals surface area contributed by atoms with Crippen LogP contribution in [0.3, 0.4) is 0 Å². The van der Waals surface area contributed by atoms with Crippen molar-refractivity contribution < 1.29 is 27.8 Å². The number of anilines is 2. The number of rotatable bonds is 8.